The quantitative estimate of drug-likeness (QED) is 0.864. The van der Waals surface area contributed by atoms with Crippen molar-refractivity contribution in [2.45, 2.75) is 38.3 Å². The lowest BCUT2D eigenvalue weighted by Crippen LogP contribution is -2.45. The second-order valence-electron chi connectivity index (χ2n) is 7.99. The summed E-state index contributed by atoms with van der Waals surface area (Å²) in [6, 6.07) is 7.09. The summed E-state index contributed by atoms with van der Waals surface area (Å²) in [6.07, 6.45) is 2.04. The summed E-state index contributed by atoms with van der Waals surface area (Å²) < 4.78 is 42.9. The topological polar surface area (TPSA) is 46.3 Å². The van der Waals surface area contributed by atoms with Crippen molar-refractivity contribution in [3.05, 3.63) is 59.4 Å². The molecule has 0 spiro atoms. The van der Waals surface area contributed by atoms with Gasteiger partial charge in [0, 0.05) is 29.6 Å². The van der Waals surface area contributed by atoms with Crippen molar-refractivity contribution in [1.29, 1.82) is 0 Å². The summed E-state index contributed by atoms with van der Waals surface area (Å²) in [7, 11) is 0. The first-order valence-electron chi connectivity index (χ1n) is 9.65. The molecule has 3 nitrogen and oxygen atoms in total. The van der Waals surface area contributed by atoms with E-state index in [2.05, 4.69) is 0 Å². The molecule has 0 unspecified atom stereocenters. The molecule has 148 valence electrons. The maximum absolute atomic E-state index is 15.2. The Balaban J connectivity index is 1.66. The zero-order chi connectivity index (χ0) is 20.0. The molecule has 1 aliphatic heterocycles. The first kappa shape index (κ1) is 19.0. The Bertz CT molecular complexity index is 913. The Morgan fingerprint density at radius 2 is 1.89 bits per heavy atom. The molecule has 0 aromatic heterocycles. The number of nitrogens with two attached hydrogens (primary N) is 1. The van der Waals surface area contributed by atoms with Crippen molar-refractivity contribution < 1.29 is 18.0 Å². The van der Waals surface area contributed by atoms with E-state index in [1.54, 1.807) is 17.0 Å². The van der Waals surface area contributed by atoms with Crippen LogP contribution in [0, 0.1) is 29.3 Å². The van der Waals surface area contributed by atoms with Gasteiger partial charge in [-0.25, -0.2) is 13.2 Å². The van der Waals surface area contributed by atoms with E-state index in [1.165, 1.54) is 6.07 Å². The van der Waals surface area contributed by atoms with Crippen LogP contribution in [0.15, 0.2) is 36.4 Å². The summed E-state index contributed by atoms with van der Waals surface area (Å²) in [5.74, 6) is -1.63. The third kappa shape index (κ3) is 3.41. The molecule has 1 saturated heterocycles. The molecule has 2 aromatic carbocycles. The lowest BCUT2D eigenvalue weighted by molar-refractivity contribution is -0.133. The van der Waals surface area contributed by atoms with E-state index in [-0.39, 0.29) is 47.4 Å². The van der Waals surface area contributed by atoms with Crippen LogP contribution in [-0.4, -0.2) is 29.4 Å². The lowest BCUT2D eigenvalue weighted by Gasteiger charge is -2.27. The monoisotopic (exact) mass is 388 g/mol. The minimum atomic E-state index is -0.686. The van der Waals surface area contributed by atoms with Crippen LogP contribution in [0.2, 0.25) is 0 Å². The van der Waals surface area contributed by atoms with Crippen molar-refractivity contribution in [2.24, 2.45) is 17.6 Å². The van der Waals surface area contributed by atoms with E-state index in [1.807, 2.05) is 6.92 Å². The fourth-order valence-electron chi connectivity index (χ4n) is 4.09. The smallest absolute Gasteiger partial charge is 0.226 e. The molecule has 2 aromatic rings. The Morgan fingerprint density at radius 3 is 2.61 bits per heavy atom. The van der Waals surface area contributed by atoms with Crippen molar-refractivity contribution in [1.82, 2.24) is 4.90 Å². The zero-order valence-corrected chi connectivity index (χ0v) is 15.7. The standard InChI is InChI=1S/C22H23F3N2O/c1-12-11-27(22(28)13-5-6-13)19(21(12)26)9-14-3-2-4-16(20(14)25)17-10-15(23)7-8-18(17)24/h2-4,7-8,10,12-13,19,21H,5-6,9,11,26H2,1H3/t12-,19-,21-/m0/s1. The number of carbonyl (C=O) groups excluding carboxylic acids is 1. The molecule has 1 saturated carbocycles. The predicted octanol–water partition coefficient (Wildman–Crippen LogP) is 3.90. The molecule has 3 atom stereocenters. The normalized spacial score (nSPS) is 24.6. The highest BCUT2D eigenvalue weighted by atomic mass is 19.1. The number of amides is 1. The largest absolute Gasteiger partial charge is 0.337 e. The lowest BCUT2D eigenvalue weighted by atomic mass is 9.93. The average molecular weight is 388 g/mol. The number of rotatable bonds is 4. The first-order chi connectivity index (χ1) is 13.4. The number of benzene rings is 2. The van der Waals surface area contributed by atoms with Gasteiger partial charge in [0.15, 0.2) is 0 Å². The van der Waals surface area contributed by atoms with Crippen LogP contribution < -0.4 is 5.73 Å². The van der Waals surface area contributed by atoms with Gasteiger partial charge in [0.2, 0.25) is 5.91 Å². The molecule has 1 aliphatic carbocycles. The highest BCUT2D eigenvalue weighted by molar-refractivity contribution is 5.82. The summed E-state index contributed by atoms with van der Waals surface area (Å²) in [5, 5.41) is 0. The summed E-state index contributed by atoms with van der Waals surface area (Å²) in [5.41, 5.74) is 6.58. The van der Waals surface area contributed by atoms with Gasteiger partial charge in [-0.2, -0.15) is 0 Å². The molecular weight excluding hydrogens is 365 g/mol. The maximum atomic E-state index is 15.2. The fourth-order valence-corrected chi connectivity index (χ4v) is 4.09. The Hall–Kier alpha value is -2.34. The van der Waals surface area contributed by atoms with Gasteiger partial charge in [-0.1, -0.05) is 25.1 Å². The Morgan fingerprint density at radius 1 is 1.14 bits per heavy atom. The van der Waals surface area contributed by atoms with Gasteiger partial charge in [0.1, 0.15) is 17.5 Å². The first-order valence-corrected chi connectivity index (χ1v) is 9.65. The van der Waals surface area contributed by atoms with Gasteiger partial charge in [0.25, 0.3) is 0 Å². The molecular formula is C22H23F3N2O. The van der Waals surface area contributed by atoms with Gasteiger partial charge in [-0.15, -0.1) is 0 Å². The molecule has 0 bridgehead atoms. The van der Waals surface area contributed by atoms with E-state index in [0.717, 1.165) is 31.0 Å². The fraction of sp³-hybridized carbons (Fsp3) is 0.409. The van der Waals surface area contributed by atoms with Gasteiger partial charge in [-0.3, -0.25) is 4.79 Å². The molecule has 4 rings (SSSR count). The van der Waals surface area contributed by atoms with Crippen LogP contribution in [0.25, 0.3) is 11.1 Å². The van der Waals surface area contributed by atoms with E-state index >= 15 is 4.39 Å². The molecule has 6 heteroatoms. The molecule has 28 heavy (non-hydrogen) atoms. The van der Waals surface area contributed by atoms with Crippen LogP contribution in [0.1, 0.15) is 25.3 Å². The number of nitrogens with zero attached hydrogens (tertiary/aromatic N) is 1. The average Bonchev–Trinajstić information content (AvgIpc) is 3.48. The van der Waals surface area contributed by atoms with Crippen molar-refractivity contribution in [3.63, 3.8) is 0 Å². The van der Waals surface area contributed by atoms with Crippen LogP contribution in [0.4, 0.5) is 13.2 Å². The number of carbonyl (C=O) groups is 1. The highest BCUT2D eigenvalue weighted by Gasteiger charge is 2.44. The third-order valence-electron chi connectivity index (χ3n) is 5.92. The minimum absolute atomic E-state index is 0.00851. The number of hydrogen-bond acceptors (Lipinski definition) is 2. The molecule has 1 amide bonds. The summed E-state index contributed by atoms with van der Waals surface area (Å²) in [4.78, 5) is 14.4. The summed E-state index contributed by atoms with van der Waals surface area (Å²) >= 11 is 0. The van der Waals surface area contributed by atoms with Crippen LogP contribution in [0.3, 0.4) is 0 Å². The van der Waals surface area contributed by atoms with E-state index in [0.29, 0.717) is 12.1 Å². The SMILES string of the molecule is C[C@H]1CN(C(=O)C2CC2)[C@@H](Cc2cccc(-c3cc(F)ccc3F)c2F)[C@H]1N. The van der Waals surface area contributed by atoms with Gasteiger partial charge in [-0.05, 0) is 48.9 Å². The second-order valence-corrected chi connectivity index (χ2v) is 7.99. The van der Waals surface area contributed by atoms with E-state index in [9.17, 15) is 13.6 Å². The van der Waals surface area contributed by atoms with Gasteiger partial charge < -0.3 is 10.6 Å². The van der Waals surface area contributed by atoms with Crippen LogP contribution in [-0.2, 0) is 11.2 Å². The van der Waals surface area contributed by atoms with Crippen LogP contribution in [0.5, 0.6) is 0 Å². The maximum Gasteiger partial charge on any atom is 0.226 e. The van der Waals surface area contributed by atoms with Gasteiger partial charge >= 0.3 is 0 Å². The van der Waals surface area contributed by atoms with E-state index in [4.69, 9.17) is 5.73 Å². The number of likely N-dealkylation sites (tertiary alicyclic amines) is 1. The predicted molar refractivity (Wildman–Crippen MR) is 101 cm³/mol. The van der Waals surface area contributed by atoms with Crippen molar-refractivity contribution >= 4 is 5.91 Å². The van der Waals surface area contributed by atoms with Crippen LogP contribution >= 0.6 is 0 Å². The number of halogens is 3. The van der Waals surface area contributed by atoms with Crippen molar-refractivity contribution in [2.75, 3.05) is 6.54 Å². The van der Waals surface area contributed by atoms with Crippen molar-refractivity contribution in [3.8, 4) is 11.1 Å². The molecule has 1 heterocycles. The highest BCUT2D eigenvalue weighted by Crippen LogP contribution is 2.36. The Labute approximate surface area is 162 Å². The molecule has 2 fully saturated rings. The third-order valence-corrected chi connectivity index (χ3v) is 5.92. The zero-order valence-electron chi connectivity index (χ0n) is 15.7. The summed E-state index contributed by atoms with van der Waals surface area (Å²) in [6.45, 7) is 2.56. The second kappa shape index (κ2) is 7.24. The number of hydrogen-bond donors (Lipinski definition) is 1. The molecule has 2 aliphatic rings. The molecule has 2 N–H and O–H groups in total. The Kier molecular flexibility index (Phi) is 4.91. The molecule has 0 radical (unpaired) electrons. The van der Waals surface area contributed by atoms with Gasteiger partial charge in [0.05, 0.1) is 6.04 Å². The minimum Gasteiger partial charge on any atom is -0.337 e. The van der Waals surface area contributed by atoms with E-state index < -0.39 is 17.5 Å².